The molecule has 0 bridgehead atoms. The van der Waals surface area contributed by atoms with E-state index in [0.717, 1.165) is 22.9 Å². The highest BCUT2D eigenvalue weighted by molar-refractivity contribution is 9.10. The van der Waals surface area contributed by atoms with E-state index in [9.17, 15) is 0 Å². The van der Waals surface area contributed by atoms with Crippen molar-refractivity contribution < 1.29 is 0 Å². The van der Waals surface area contributed by atoms with E-state index in [1.807, 2.05) is 18.2 Å². The smallest absolute Gasteiger partial charge is 0.127 e. The van der Waals surface area contributed by atoms with Gasteiger partial charge in [0.05, 0.1) is 0 Å². The van der Waals surface area contributed by atoms with Crippen molar-refractivity contribution >= 4 is 21.7 Å². The van der Waals surface area contributed by atoms with E-state index in [1.54, 1.807) is 0 Å². The molecule has 1 N–H and O–H groups in total. The number of pyridine rings is 1. The molecule has 0 aliphatic heterocycles. The van der Waals surface area contributed by atoms with Gasteiger partial charge < -0.3 is 5.32 Å². The first kappa shape index (κ1) is 9.97. The van der Waals surface area contributed by atoms with Crippen LogP contribution in [0.3, 0.4) is 0 Å². The van der Waals surface area contributed by atoms with Gasteiger partial charge in [-0.2, -0.15) is 0 Å². The van der Waals surface area contributed by atoms with Crippen molar-refractivity contribution in [1.82, 2.24) is 4.98 Å². The first-order chi connectivity index (χ1) is 6.84. The summed E-state index contributed by atoms with van der Waals surface area (Å²) in [6, 6.07) is 5.95. The zero-order chi connectivity index (χ0) is 9.80. The van der Waals surface area contributed by atoms with Gasteiger partial charge in [0.2, 0.25) is 0 Å². The number of nitrogens with one attached hydrogen (secondary N) is 1. The van der Waals surface area contributed by atoms with Crippen LogP contribution in [0.1, 0.15) is 25.7 Å². The summed E-state index contributed by atoms with van der Waals surface area (Å²) in [6.45, 7) is 1.05. The Kier molecular flexibility index (Phi) is 3.40. The Morgan fingerprint density at radius 1 is 1.43 bits per heavy atom. The Morgan fingerprint density at radius 2 is 2.29 bits per heavy atom. The highest BCUT2D eigenvalue weighted by atomic mass is 79.9. The molecule has 3 heteroatoms. The number of hydrogen-bond donors (Lipinski definition) is 1. The number of nitrogens with zero attached hydrogens (tertiary/aromatic N) is 1. The molecule has 0 amide bonds. The molecule has 0 saturated heterocycles. The average molecular weight is 255 g/mol. The van der Waals surface area contributed by atoms with E-state index in [2.05, 4.69) is 26.2 Å². The number of rotatable bonds is 4. The summed E-state index contributed by atoms with van der Waals surface area (Å²) >= 11 is 3.36. The van der Waals surface area contributed by atoms with Crippen LogP contribution in [0.4, 0.5) is 5.82 Å². The lowest BCUT2D eigenvalue weighted by Crippen LogP contribution is -2.15. The van der Waals surface area contributed by atoms with E-state index < -0.39 is 0 Å². The Balaban J connectivity index is 1.74. The van der Waals surface area contributed by atoms with Gasteiger partial charge in [-0.3, -0.25) is 0 Å². The second-order valence-corrected chi connectivity index (χ2v) is 4.67. The van der Waals surface area contributed by atoms with Crippen molar-refractivity contribution in [3.05, 3.63) is 22.8 Å². The summed E-state index contributed by atoms with van der Waals surface area (Å²) in [4.78, 5) is 4.32. The Hall–Kier alpha value is -0.570. The number of halogens is 1. The van der Waals surface area contributed by atoms with Crippen LogP contribution in [0.2, 0.25) is 0 Å². The summed E-state index contributed by atoms with van der Waals surface area (Å²) in [5.41, 5.74) is 0. The van der Waals surface area contributed by atoms with Crippen molar-refractivity contribution in [2.24, 2.45) is 5.92 Å². The van der Waals surface area contributed by atoms with Gasteiger partial charge in [-0.15, -0.1) is 0 Å². The molecule has 1 aliphatic carbocycles. The molecule has 2 nitrogen and oxygen atoms in total. The van der Waals surface area contributed by atoms with E-state index in [-0.39, 0.29) is 0 Å². The van der Waals surface area contributed by atoms with E-state index >= 15 is 0 Å². The van der Waals surface area contributed by atoms with Gasteiger partial charge in [0.15, 0.2) is 0 Å². The van der Waals surface area contributed by atoms with Gasteiger partial charge in [-0.05, 0) is 40.4 Å². The minimum absolute atomic E-state index is 0.895. The fourth-order valence-electron chi connectivity index (χ4n) is 1.69. The number of anilines is 1. The predicted octanol–water partition coefficient (Wildman–Crippen LogP) is 3.45. The van der Waals surface area contributed by atoms with Crippen LogP contribution in [0.15, 0.2) is 22.8 Å². The van der Waals surface area contributed by atoms with Crippen LogP contribution in [-0.2, 0) is 0 Å². The highest BCUT2D eigenvalue weighted by Crippen LogP contribution is 2.29. The molecule has 0 spiro atoms. The summed E-state index contributed by atoms with van der Waals surface area (Å²) in [7, 11) is 0. The molecule has 1 aromatic heterocycles. The minimum atomic E-state index is 0.895. The first-order valence-corrected chi connectivity index (χ1v) is 6.00. The standard InChI is InChI=1S/C11H15BrN2/c12-10-5-2-6-11(14-10)13-8-7-9-3-1-4-9/h2,5-6,9H,1,3-4,7-8H2,(H,13,14). The quantitative estimate of drug-likeness (QED) is 0.833. The van der Waals surface area contributed by atoms with E-state index in [1.165, 1.54) is 25.7 Å². The lowest BCUT2D eigenvalue weighted by Gasteiger charge is -2.25. The van der Waals surface area contributed by atoms with Crippen molar-refractivity contribution in [3.8, 4) is 0 Å². The molecule has 0 radical (unpaired) electrons. The fourth-order valence-corrected chi connectivity index (χ4v) is 2.04. The topological polar surface area (TPSA) is 24.9 Å². The lowest BCUT2D eigenvalue weighted by molar-refractivity contribution is 0.303. The highest BCUT2D eigenvalue weighted by Gasteiger charge is 2.16. The molecule has 1 aliphatic rings. The van der Waals surface area contributed by atoms with Crippen molar-refractivity contribution in [2.75, 3.05) is 11.9 Å². The molecule has 0 atom stereocenters. The summed E-state index contributed by atoms with van der Waals surface area (Å²) in [5, 5.41) is 3.34. The van der Waals surface area contributed by atoms with Crippen LogP contribution in [0, 0.1) is 5.92 Å². The van der Waals surface area contributed by atoms with Crippen molar-refractivity contribution in [3.63, 3.8) is 0 Å². The van der Waals surface area contributed by atoms with Gasteiger partial charge in [0.25, 0.3) is 0 Å². The molecule has 1 saturated carbocycles. The average Bonchev–Trinajstić information content (AvgIpc) is 2.09. The van der Waals surface area contributed by atoms with Crippen molar-refractivity contribution in [2.45, 2.75) is 25.7 Å². The Bertz CT molecular complexity index is 297. The maximum absolute atomic E-state index is 4.32. The predicted molar refractivity (Wildman–Crippen MR) is 62.4 cm³/mol. The third-order valence-electron chi connectivity index (χ3n) is 2.80. The molecule has 2 rings (SSSR count). The molecular formula is C11H15BrN2. The van der Waals surface area contributed by atoms with Gasteiger partial charge >= 0.3 is 0 Å². The molecule has 0 unspecified atom stereocenters. The van der Waals surface area contributed by atoms with Crippen LogP contribution in [0.25, 0.3) is 0 Å². The van der Waals surface area contributed by atoms with Gasteiger partial charge in [0, 0.05) is 6.54 Å². The number of aromatic nitrogens is 1. The van der Waals surface area contributed by atoms with E-state index in [4.69, 9.17) is 0 Å². The summed E-state index contributed by atoms with van der Waals surface area (Å²) in [6.07, 6.45) is 5.56. The molecule has 1 fully saturated rings. The second kappa shape index (κ2) is 4.78. The maximum Gasteiger partial charge on any atom is 0.127 e. The van der Waals surface area contributed by atoms with Crippen LogP contribution in [-0.4, -0.2) is 11.5 Å². The zero-order valence-corrected chi connectivity index (χ0v) is 9.76. The van der Waals surface area contributed by atoms with Crippen LogP contribution >= 0.6 is 15.9 Å². The summed E-state index contributed by atoms with van der Waals surface area (Å²) < 4.78 is 0.895. The minimum Gasteiger partial charge on any atom is -0.370 e. The second-order valence-electron chi connectivity index (χ2n) is 3.86. The largest absolute Gasteiger partial charge is 0.370 e. The van der Waals surface area contributed by atoms with Crippen LogP contribution in [0.5, 0.6) is 0 Å². The van der Waals surface area contributed by atoms with E-state index in [0.29, 0.717) is 0 Å². The third-order valence-corrected chi connectivity index (χ3v) is 3.24. The monoisotopic (exact) mass is 254 g/mol. The van der Waals surface area contributed by atoms with Gasteiger partial charge in [-0.1, -0.05) is 25.3 Å². The molecule has 1 heterocycles. The molecule has 14 heavy (non-hydrogen) atoms. The lowest BCUT2D eigenvalue weighted by atomic mass is 9.83. The third kappa shape index (κ3) is 2.71. The van der Waals surface area contributed by atoms with Gasteiger partial charge in [-0.25, -0.2) is 4.98 Å². The Labute approximate surface area is 93.3 Å². The molecule has 1 aromatic rings. The molecule has 76 valence electrons. The number of hydrogen-bond acceptors (Lipinski definition) is 2. The van der Waals surface area contributed by atoms with Crippen molar-refractivity contribution in [1.29, 1.82) is 0 Å². The summed E-state index contributed by atoms with van der Waals surface area (Å²) in [5.74, 6) is 1.94. The molecular weight excluding hydrogens is 240 g/mol. The normalized spacial score (nSPS) is 16.4. The van der Waals surface area contributed by atoms with Crippen LogP contribution < -0.4 is 5.32 Å². The maximum atomic E-state index is 4.32. The van der Waals surface area contributed by atoms with Gasteiger partial charge in [0.1, 0.15) is 10.4 Å². The first-order valence-electron chi connectivity index (χ1n) is 5.21. The molecule has 0 aromatic carbocycles. The zero-order valence-electron chi connectivity index (χ0n) is 8.17. The Morgan fingerprint density at radius 3 is 2.93 bits per heavy atom. The fraction of sp³-hybridized carbons (Fsp3) is 0.545. The SMILES string of the molecule is Brc1cccc(NCCC2CCC2)n1.